The van der Waals surface area contributed by atoms with Gasteiger partial charge in [-0.05, 0) is 35.8 Å². The summed E-state index contributed by atoms with van der Waals surface area (Å²) in [6, 6.07) is 8.86. The van der Waals surface area contributed by atoms with Crippen molar-refractivity contribution in [3.63, 3.8) is 0 Å². The van der Waals surface area contributed by atoms with E-state index in [1.54, 1.807) is 11.1 Å². The molecule has 0 aromatic heterocycles. The first kappa shape index (κ1) is 7.85. The maximum atomic E-state index is 2.33. The van der Waals surface area contributed by atoms with Gasteiger partial charge in [0.2, 0.25) is 0 Å². The Balaban J connectivity index is 2.22. The third kappa shape index (κ3) is 1.26. The Morgan fingerprint density at radius 2 is 1.58 bits per heavy atom. The summed E-state index contributed by atoms with van der Waals surface area (Å²) in [5.74, 6) is 1.72. The van der Waals surface area contributed by atoms with E-state index >= 15 is 0 Å². The topological polar surface area (TPSA) is 0 Å². The van der Waals surface area contributed by atoms with Crippen LogP contribution in [0.15, 0.2) is 24.3 Å². The van der Waals surface area contributed by atoms with Gasteiger partial charge < -0.3 is 0 Å². The number of rotatable bonds is 1. The first-order valence-electron chi connectivity index (χ1n) is 4.84. The number of benzene rings is 1. The van der Waals surface area contributed by atoms with Crippen LogP contribution in [0.3, 0.4) is 0 Å². The molecule has 0 bridgehead atoms. The van der Waals surface area contributed by atoms with Gasteiger partial charge in [-0.1, -0.05) is 38.1 Å². The van der Waals surface area contributed by atoms with Crippen LogP contribution in [0.2, 0.25) is 0 Å². The van der Waals surface area contributed by atoms with E-state index in [1.807, 2.05) is 0 Å². The molecule has 0 saturated carbocycles. The Morgan fingerprint density at radius 1 is 1.08 bits per heavy atom. The van der Waals surface area contributed by atoms with Crippen LogP contribution in [0.1, 0.15) is 25.0 Å². The number of hydrogen-bond acceptors (Lipinski definition) is 0. The van der Waals surface area contributed by atoms with Gasteiger partial charge in [-0.3, -0.25) is 0 Å². The monoisotopic (exact) mass is 160 g/mol. The van der Waals surface area contributed by atoms with Crippen molar-refractivity contribution < 1.29 is 0 Å². The molecule has 0 heterocycles. The Hall–Kier alpha value is -0.780. The van der Waals surface area contributed by atoms with Gasteiger partial charge in [0.05, 0.1) is 0 Å². The third-order valence-corrected chi connectivity index (χ3v) is 3.03. The van der Waals surface area contributed by atoms with Crippen LogP contribution in [0.25, 0.3) is 0 Å². The highest BCUT2D eigenvalue weighted by molar-refractivity contribution is 5.32. The molecule has 0 nitrogen and oxygen atoms in total. The fourth-order valence-corrected chi connectivity index (χ4v) is 2.06. The predicted octanol–water partition coefficient (Wildman–Crippen LogP) is 3.06. The molecule has 0 saturated heterocycles. The van der Waals surface area contributed by atoms with Crippen LogP contribution < -0.4 is 0 Å². The van der Waals surface area contributed by atoms with Crippen molar-refractivity contribution >= 4 is 0 Å². The van der Waals surface area contributed by atoms with Crippen molar-refractivity contribution in [1.29, 1.82) is 0 Å². The molecule has 1 aromatic carbocycles. The van der Waals surface area contributed by atoms with E-state index in [9.17, 15) is 0 Å². The van der Waals surface area contributed by atoms with Crippen molar-refractivity contribution in [3.05, 3.63) is 35.4 Å². The van der Waals surface area contributed by atoms with Gasteiger partial charge in [0, 0.05) is 0 Å². The molecule has 0 unspecified atom stereocenters. The lowest BCUT2D eigenvalue weighted by molar-refractivity contribution is 0.404. The molecular weight excluding hydrogens is 144 g/mol. The lowest BCUT2D eigenvalue weighted by Gasteiger charge is -2.12. The Kier molecular flexibility index (Phi) is 1.92. The van der Waals surface area contributed by atoms with Gasteiger partial charge in [-0.15, -0.1) is 0 Å². The molecule has 1 aromatic rings. The van der Waals surface area contributed by atoms with Crippen LogP contribution in [0, 0.1) is 11.8 Å². The molecule has 1 aliphatic rings. The average molecular weight is 160 g/mol. The predicted molar refractivity (Wildman–Crippen MR) is 52.2 cm³/mol. The lowest BCUT2D eigenvalue weighted by Crippen LogP contribution is -2.07. The number of fused-ring (bicyclic) bond motifs is 1. The fourth-order valence-electron chi connectivity index (χ4n) is 2.06. The smallest absolute Gasteiger partial charge is 0.0242 e. The molecule has 0 heteroatoms. The highest BCUT2D eigenvalue weighted by atomic mass is 14.3. The van der Waals surface area contributed by atoms with E-state index in [2.05, 4.69) is 38.1 Å². The van der Waals surface area contributed by atoms with Crippen molar-refractivity contribution in [2.45, 2.75) is 26.7 Å². The van der Waals surface area contributed by atoms with Gasteiger partial charge in [-0.25, -0.2) is 0 Å². The third-order valence-electron chi connectivity index (χ3n) is 3.03. The summed E-state index contributed by atoms with van der Waals surface area (Å²) < 4.78 is 0. The quantitative estimate of drug-likeness (QED) is 0.592. The van der Waals surface area contributed by atoms with Gasteiger partial charge in [0.15, 0.2) is 0 Å². The zero-order chi connectivity index (χ0) is 8.55. The zero-order valence-corrected chi connectivity index (χ0v) is 7.88. The molecular formula is C12H16. The van der Waals surface area contributed by atoms with Crippen LogP contribution in [0.4, 0.5) is 0 Å². The molecule has 0 atom stereocenters. The van der Waals surface area contributed by atoms with E-state index in [4.69, 9.17) is 0 Å². The normalized spacial score (nSPS) is 16.9. The minimum absolute atomic E-state index is 0.831. The van der Waals surface area contributed by atoms with Crippen molar-refractivity contribution in [1.82, 2.24) is 0 Å². The van der Waals surface area contributed by atoms with E-state index < -0.39 is 0 Å². The number of hydrogen-bond donors (Lipinski definition) is 0. The Labute approximate surface area is 74.6 Å². The van der Waals surface area contributed by atoms with Crippen LogP contribution in [-0.4, -0.2) is 0 Å². The molecule has 64 valence electrons. The largest absolute Gasteiger partial charge is 0.0625 e. The zero-order valence-electron chi connectivity index (χ0n) is 7.88. The summed E-state index contributed by atoms with van der Waals surface area (Å²) in [4.78, 5) is 0. The molecule has 0 N–H and O–H groups in total. The molecule has 0 fully saturated rings. The molecule has 0 aliphatic heterocycles. The fraction of sp³-hybridized carbons (Fsp3) is 0.500. The Morgan fingerprint density at radius 3 is 2.00 bits per heavy atom. The molecule has 2 rings (SSSR count). The van der Waals surface area contributed by atoms with Gasteiger partial charge in [-0.2, -0.15) is 0 Å². The summed E-state index contributed by atoms with van der Waals surface area (Å²) in [5.41, 5.74) is 3.16. The van der Waals surface area contributed by atoms with Gasteiger partial charge in [0.1, 0.15) is 0 Å². The summed E-state index contributed by atoms with van der Waals surface area (Å²) in [7, 11) is 0. The second kappa shape index (κ2) is 2.93. The van der Waals surface area contributed by atoms with Crippen molar-refractivity contribution in [3.8, 4) is 0 Å². The molecule has 0 spiro atoms. The Bertz CT molecular complexity index is 248. The van der Waals surface area contributed by atoms with E-state index in [1.165, 1.54) is 12.8 Å². The highest BCUT2D eigenvalue weighted by Gasteiger charge is 2.22. The minimum atomic E-state index is 0.831. The van der Waals surface area contributed by atoms with Gasteiger partial charge >= 0.3 is 0 Å². The van der Waals surface area contributed by atoms with Crippen LogP contribution in [0.5, 0.6) is 0 Å². The maximum Gasteiger partial charge on any atom is -0.0242 e. The second-order valence-corrected chi connectivity index (χ2v) is 4.18. The summed E-state index contributed by atoms with van der Waals surface area (Å²) >= 11 is 0. The first-order valence-corrected chi connectivity index (χ1v) is 4.84. The molecule has 0 radical (unpaired) electrons. The van der Waals surface area contributed by atoms with Crippen molar-refractivity contribution in [2.75, 3.05) is 0 Å². The molecule has 0 amide bonds. The SMILES string of the molecule is CC(C)C1Cc2ccccc2C1. The standard InChI is InChI=1S/C12H16/c1-9(2)12-7-10-5-3-4-6-11(10)8-12/h3-6,9,12H,7-8H2,1-2H3. The summed E-state index contributed by atoms with van der Waals surface area (Å²) in [6.07, 6.45) is 2.60. The minimum Gasteiger partial charge on any atom is -0.0625 e. The average Bonchev–Trinajstić information content (AvgIpc) is 2.46. The van der Waals surface area contributed by atoms with Crippen molar-refractivity contribution in [2.24, 2.45) is 11.8 Å². The first-order chi connectivity index (χ1) is 5.77. The summed E-state index contributed by atoms with van der Waals surface area (Å²) in [6.45, 7) is 4.66. The molecule has 12 heavy (non-hydrogen) atoms. The van der Waals surface area contributed by atoms with E-state index in [0.717, 1.165) is 11.8 Å². The summed E-state index contributed by atoms with van der Waals surface area (Å²) in [5, 5.41) is 0. The maximum absolute atomic E-state index is 2.33. The van der Waals surface area contributed by atoms with Crippen LogP contribution >= 0.6 is 0 Å². The lowest BCUT2D eigenvalue weighted by atomic mass is 9.93. The van der Waals surface area contributed by atoms with E-state index in [-0.39, 0.29) is 0 Å². The highest BCUT2D eigenvalue weighted by Crippen LogP contribution is 2.30. The van der Waals surface area contributed by atoms with E-state index in [0.29, 0.717) is 0 Å². The molecule has 1 aliphatic carbocycles. The van der Waals surface area contributed by atoms with Crippen LogP contribution in [-0.2, 0) is 12.8 Å². The second-order valence-electron chi connectivity index (χ2n) is 4.18. The van der Waals surface area contributed by atoms with Gasteiger partial charge in [0.25, 0.3) is 0 Å².